The standard InChI is InChI=1S/C22H35N5O.HI/c1-3-23-22(27-15-13-26(14-16-27)19(2)28)24-17-21-10-12-25(18-21)11-9-20-7-5-4-6-8-20;/h4-8,21H,3,9-18H2,1-2H3,(H,23,24);1H. The lowest BCUT2D eigenvalue weighted by Gasteiger charge is -2.36. The molecule has 2 fully saturated rings. The second-order valence-corrected chi connectivity index (χ2v) is 7.88. The van der Waals surface area contributed by atoms with Gasteiger partial charge in [0.25, 0.3) is 0 Å². The van der Waals surface area contributed by atoms with Gasteiger partial charge in [-0.1, -0.05) is 30.3 Å². The van der Waals surface area contributed by atoms with Crippen LogP contribution in [0.5, 0.6) is 0 Å². The molecule has 2 aliphatic rings. The van der Waals surface area contributed by atoms with Gasteiger partial charge in [0.05, 0.1) is 0 Å². The second-order valence-electron chi connectivity index (χ2n) is 7.88. The monoisotopic (exact) mass is 513 g/mol. The largest absolute Gasteiger partial charge is 0.357 e. The summed E-state index contributed by atoms with van der Waals surface area (Å²) in [5, 5.41) is 3.44. The summed E-state index contributed by atoms with van der Waals surface area (Å²) in [5.41, 5.74) is 1.42. The molecule has 0 spiro atoms. The maximum absolute atomic E-state index is 11.5. The molecule has 0 aromatic heterocycles. The zero-order valence-corrected chi connectivity index (χ0v) is 20.2. The number of benzene rings is 1. The molecule has 7 heteroatoms. The third-order valence-corrected chi connectivity index (χ3v) is 5.79. The van der Waals surface area contributed by atoms with Gasteiger partial charge in [-0.2, -0.15) is 0 Å². The van der Waals surface area contributed by atoms with Crippen LogP contribution in [-0.4, -0.2) is 85.5 Å². The number of rotatable bonds is 6. The Morgan fingerprint density at radius 3 is 2.45 bits per heavy atom. The fourth-order valence-corrected chi connectivity index (χ4v) is 4.07. The van der Waals surface area contributed by atoms with Gasteiger partial charge in [0.1, 0.15) is 0 Å². The molecule has 1 atom stereocenters. The zero-order valence-electron chi connectivity index (χ0n) is 17.8. The lowest BCUT2D eigenvalue weighted by Crippen LogP contribution is -2.53. The van der Waals surface area contributed by atoms with E-state index in [-0.39, 0.29) is 29.9 Å². The van der Waals surface area contributed by atoms with Crippen LogP contribution in [0.15, 0.2) is 35.3 Å². The van der Waals surface area contributed by atoms with Gasteiger partial charge in [0.15, 0.2) is 5.96 Å². The first-order chi connectivity index (χ1) is 13.7. The molecule has 1 aromatic carbocycles. The molecule has 0 saturated carbocycles. The van der Waals surface area contributed by atoms with Crippen LogP contribution in [0.4, 0.5) is 0 Å². The Bertz CT molecular complexity index is 646. The fourth-order valence-electron chi connectivity index (χ4n) is 4.07. The number of carbonyl (C=O) groups excluding carboxylic acids is 1. The Kier molecular flexibility index (Phi) is 10.2. The average Bonchev–Trinajstić information content (AvgIpc) is 3.18. The summed E-state index contributed by atoms with van der Waals surface area (Å²) < 4.78 is 0. The van der Waals surface area contributed by atoms with Crippen LogP contribution in [0.2, 0.25) is 0 Å². The molecule has 1 N–H and O–H groups in total. The highest BCUT2D eigenvalue weighted by Crippen LogP contribution is 2.17. The van der Waals surface area contributed by atoms with Crippen LogP contribution in [0.1, 0.15) is 25.8 Å². The zero-order chi connectivity index (χ0) is 19.8. The third kappa shape index (κ3) is 7.44. The van der Waals surface area contributed by atoms with Gasteiger partial charge in [0.2, 0.25) is 5.91 Å². The van der Waals surface area contributed by atoms with E-state index in [1.54, 1.807) is 6.92 Å². The Morgan fingerprint density at radius 1 is 1.10 bits per heavy atom. The molecule has 1 amide bonds. The highest BCUT2D eigenvalue weighted by atomic mass is 127. The maximum atomic E-state index is 11.5. The van der Waals surface area contributed by atoms with E-state index in [1.165, 1.54) is 18.5 Å². The van der Waals surface area contributed by atoms with Crippen molar-refractivity contribution < 1.29 is 4.79 Å². The van der Waals surface area contributed by atoms with Crippen molar-refractivity contribution in [1.82, 2.24) is 20.0 Å². The summed E-state index contributed by atoms with van der Waals surface area (Å²) in [6.45, 7) is 12.3. The van der Waals surface area contributed by atoms with Gasteiger partial charge < -0.3 is 20.0 Å². The van der Waals surface area contributed by atoms with Crippen molar-refractivity contribution in [3.05, 3.63) is 35.9 Å². The third-order valence-electron chi connectivity index (χ3n) is 5.79. The molecule has 6 nitrogen and oxygen atoms in total. The summed E-state index contributed by atoms with van der Waals surface area (Å²) in [5.74, 6) is 1.82. The molecular weight excluding hydrogens is 477 g/mol. The Morgan fingerprint density at radius 2 is 1.79 bits per heavy atom. The molecule has 162 valence electrons. The van der Waals surface area contributed by atoms with E-state index in [2.05, 4.69) is 52.4 Å². The lowest BCUT2D eigenvalue weighted by atomic mass is 10.1. The SMILES string of the molecule is CCNC(=NCC1CCN(CCc2ccccc2)C1)N1CCN(C(C)=O)CC1.I. The number of halogens is 1. The van der Waals surface area contributed by atoms with E-state index >= 15 is 0 Å². The summed E-state index contributed by atoms with van der Waals surface area (Å²) in [6.07, 6.45) is 2.36. The quantitative estimate of drug-likeness (QED) is 0.361. The van der Waals surface area contributed by atoms with Crippen molar-refractivity contribution >= 4 is 35.8 Å². The van der Waals surface area contributed by atoms with Crippen molar-refractivity contribution in [3.63, 3.8) is 0 Å². The summed E-state index contributed by atoms with van der Waals surface area (Å²) in [7, 11) is 0. The first kappa shape index (κ1) is 23.9. The minimum atomic E-state index is 0. The molecule has 2 saturated heterocycles. The first-order valence-corrected chi connectivity index (χ1v) is 10.7. The number of guanidine groups is 1. The van der Waals surface area contributed by atoms with Gasteiger partial charge >= 0.3 is 0 Å². The number of nitrogens with one attached hydrogen (secondary N) is 1. The topological polar surface area (TPSA) is 51.2 Å². The highest BCUT2D eigenvalue weighted by Gasteiger charge is 2.24. The van der Waals surface area contributed by atoms with Crippen molar-refractivity contribution in [2.75, 3.05) is 58.9 Å². The number of hydrogen-bond donors (Lipinski definition) is 1. The van der Waals surface area contributed by atoms with Gasteiger partial charge in [-0.25, -0.2) is 0 Å². The van der Waals surface area contributed by atoms with E-state index in [0.717, 1.165) is 64.7 Å². The van der Waals surface area contributed by atoms with E-state index in [9.17, 15) is 4.79 Å². The molecule has 2 aliphatic heterocycles. The van der Waals surface area contributed by atoms with Crippen molar-refractivity contribution in [2.24, 2.45) is 10.9 Å². The van der Waals surface area contributed by atoms with Crippen LogP contribution in [0.3, 0.4) is 0 Å². The van der Waals surface area contributed by atoms with Crippen LogP contribution >= 0.6 is 24.0 Å². The highest BCUT2D eigenvalue weighted by molar-refractivity contribution is 14.0. The summed E-state index contributed by atoms with van der Waals surface area (Å²) >= 11 is 0. The van der Waals surface area contributed by atoms with E-state index in [4.69, 9.17) is 4.99 Å². The summed E-state index contributed by atoms with van der Waals surface area (Å²) in [6, 6.07) is 10.7. The van der Waals surface area contributed by atoms with Gasteiger partial charge in [-0.3, -0.25) is 9.79 Å². The van der Waals surface area contributed by atoms with Crippen LogP contribution in [0.25, 0.3) is 0 Å². The predicted molar refractivity (Wildman–Crippen MR) is 130 cm³/mol. The predicted octanol–water partition coefficient (Wildman–Crippen LogP) is 2.30. The first-order valence-electron chi connectivity index (χ1n) is 10.7. The van der Waals surface area contributed by atoms with Crippen molar-refractivity contribution in [1.29, 1.82) is 0 Å². The van der Waals surface area contributed by atoms with Crippen LogP contribution in [0, 0.1) is 5.92 Å². The van der Waals surface area contributed by atoms with Crippen molar-refractivity contribution in [2.45, 2.75) is 26.7 Å². The molecule has 2 heterocycles. The Hall–Kier alpha value is -1.35. The van der Waals surface area contributed by atoms with E-state index in [1.807, 2.05) is 4.90 Å². The minimum Gasteiger partial charge on any atom is -0.357 e. The van der Waals surface area contributed by atoms with Gasteiger partial charge in [-0.05, 0) is 37.8 Å². The minimum absolute atomic E-state index is 0. The van der Waals surface area contributed by atoms with Crippen LogP contribution in [-0.2, 0) is 11.2 Å². The molecule has 29 heavy (non-hydrogen) atoms. The number of likely N-dealkylation sites (tertiary alicyclic amines) is 1. The normalized spacial score (nSPS) is 20.5. The molecule has 1 unspecified atom stereocenters. The van der Waals surface area contributed by atoms with Gasteiger partial charge in [0, 0.05) is 59.3 Å². The van der Waals surface area contributed by atoms with Crippen LogP contribution < -0.4 is 5.32 Å². The molecule has 0 radical (unpaired) electrons. The molecule has 0 bridgehead atoms. The number of hydrogen-bond acceptors (Lipinski definition) is 3. The Labute approximate surface area is 192 Å². The number of amides is 1. The van der Waals surface area contributed by atoms with E-state index in [0.29, 0.717) is 5.92 Å². The average molecular weight is 513 g/mol. The second kappa shape index (κ2) is 12.4. The lowest BCUT2D eigenvalue weighted by molar-refractivity contribution is -0.130. The molecular formula is C22H36IN5O. The van der Waals surface area contributed by atoms with Crippen molar-refractivity contribution in [3.8, 4) is 0 Å². The molecule has 0 aliphatic carbocycles. The fraction of sp³-hybridized carbons (Fsp3) is 0.636. The number of carbonyl (C=O) groups is 1. The summed E-state index contributed by atoms with van der Waals surface area (Å²) in [4.78, 5) is 23.3. The molecule has 1 aromatic rings. The number of nitrogens with zero attached hydrogens (tertiary/aromatic N) is 4. The maximum Gasteiger partial charge on any atom is 0.219 e. The van der Waals surface area contributed by atoms with E-state index < -0.39 is 0 Å². The number of aliphatic imine (C=N–C) groups is 1. The molecule has 3 rings (SSSR count). The van der Waals surface area contributed by atoms with Gasteiger partial charge in [-0.15, -0.1) is 24.0 Å². The smallest absolute Gasteiger partial charge is 0.219 e. The Balaban J connectivity index is 0.00000300. The number of piperazine rings is 1.